The molecule has 0 aliphatic heterocycles. The van der Waals surface area contributed by atoms with Gasteiger partial charge in [-0.2, -0.15) is 10.2 Å². The molecule has 0 saturated carbocycles. The minimum Gasteiger partial charge on any atom is -0.320 e. The summed E-state index contributed by atoms with van der Waals surface area (Å²) in [4.78, 5) is 4.19. The first kappa shape index (κ1) is 12.6. The summed E-state index contributed by atoms with van der Waals surface area (Å²) in [5, 5.41) is 8.30. The number of rotatable bonds is 3. The minimum absolute atomic E-state index is 0.193. The number of nitrogens with two attached hydrogens (primary N) is 1. The van der Waals surface area contributed by atoms with Gasteiger partial charge in [-0.25, -0.2) is 0 Å². The number of aryl methyl sites for hydroxylation is 3. The van der Waals surface area contributed by atoms with Crippen molar-refractivity contribution in [1.82, 2.24) is 15.2 Å². The van der Waals surface area contributed by atoms with Crippen molar-refractivity contribution in [2.24, 2.45) is 5.73 Å². The van der Waals surface area contributed by atoms with Crippen LogP contribution >= 0.6 is 0 Å². The topological polar surface area (TPSA) is 64.7 Å². The molecule has 1 atom stereocenters. The zero-order valence-corrected chi connectivity index (χ0v) is 11.0. The van der Waals surface area contributed by atoms with Crippen molar-refractivity contribution in [2.45, 2.75) is 33.2 Å². The lowest BCUT2D eigenvalue weighted by molar-refractivity contribution is 0.785. The molecule has 0 bridgehead atoms. The van der Waals surface area contributed by atoms with Crippen LogP contribution in [-0.2, 0) is 6.42 Å². The van der Waals surface area contributed by atoms with E-state index in [1.54, 1.807) is 0 Å². The van der Waals surface area contributed by atoms with E-state index in [4.69, 9.17) is 5.73 Å². The molecule has 1 unspecified atom stereocenters. The molecule has 2 rings (SSSR count). The van der Waals surface area contributed by atoms with Gasteiger partial charge in [0.1, 0.15) is 0 Å². The molecule has 0 aliphatic carbocycles. The predicted molar refractivity (Wildman–Crippen MR) is 71.2 cm³/mol. The van der Waals surface area contributed by atoms with Crippen LogP contribution in [0.4, 0.5) is 0 Å². The summed E-state index contributed by atoms with van der Waals surface area (Å²) in [6.07, 6.45) is 4.47. The predicted octanol–water partition coefficient (Wildman–Crippen LogP) is 2.10. The van der Waals surface area contributed by atoms with Gasteiger partial charge in [0, 0.05) is 12.4 Å². The smallest absolute Gasteiger partial charge is 0.0679 e. The molecule has 2 N–H and O–H groups in total. The van der Waals surface area contributed by atoms with Crippen LogP contribution in [-0.4, -0.2) is 15.2 Å². The van der Waals surface area contributed by atoms with E-state index in [1.807, 2.05) is 32.3 Å². The number of nitrogens with zero attached hydrogens (tertiary/aromatic N) is 3. The van der Waals surface area contributed by atoms with Crippen molar-refractivity contribution in [3.8, 4) is 0 Å². The van der Waals surface area contributed by atoms with Crippen LogP contribution in [0.3, 0.4) is 0 Å². The van der Waals surface area contributed by atoms with Gasteiger partial charge in [-0.1, -0.05) is 13.0 Å². The first-order valence-corrected chi connectivity index (χ1v) is 6.12. The third-order valence-electron chi connectivity index (χ3n) is 2.95. The van der Waals surface area contributed by atoms with Gasteiger partial charge in [0.25, 0.3) is 0 Å². The van der Waals surface area contributed by atoms with E-state index >= 15 is 0 Å². The Hall–Kier alpha value is -1.81. The number of pyridine rings is 1. The van der Waals surface area contributed by atoms with E-state index in [1.165, 1.54) is 0 Å². The average molecular weight is 242 g/mol. The first-order chi connectivity index (χ1) is 8.61. The molecule has 0 aliphatic rings. The third kappa shape index (κ3) is 2.54. The lowest BCUT2D eigenvalue weighted by atomic mass is 9.98. The van der Waals surface area contributed by atoms with E-state index < -0.39 is 0 Å². The molecule has 4 heteroatoms. The summed E-state index contributed by atoms with van der Waals surface area (Å²) >= 11 is 0. The summed E-state index contributed by atoms with van der Waals surface area (Å²) in [7, 11) is 0. The lowest BCUT2D eigenvalue weighted by Crippen LogP contribution is -2.16. The average Bonchev–Trinajstić information content (AvgIpc) is 2.38. The Balaban J connectivity index is 2.44. The Labute approximate surface area is 107 Å². The van der Waals surface area contributed by atoms with Crippen LogP contribution in [0.25, 0.3) is 0 Å². The monoisotopic (exact) mass is 242 g/mol. The molecule has 2 aromatic rings. The molecule has 0 radical (unpaired) electrons. The first-order valence-electron chi connectivity index (χ1n) is 6.12. The second-order valence-corrected chi connectivity index (χ2v) is 4.51. The summed E-state index contributed by atoms with van der Waals surface area (Å²) in [5.41, 5.74) is 11.3. The third-order valence-corrected chi connectivity index (χ3v) is 2.95. The number of hydrogen-bond donors (Lipinski definition) is 1. The van der Waals surface area contributed by atoms with Crippen molar-refractivity contribution in [2.75, 3.05) is 0 Å². The SMILES string of the molecule is CCc1nnc(C)cc1C(N)c1cncc(C)c1. The van der Waals surface area contributed by atoms with Crippen molar-refractivity contribution < 1.29 is 0 Å². The standard InChI is InChI=1S/C14H18N4/c1-4-13-12(6-10(3)17-18-13)14(15)11-5-9(2)7-16-8-11/h5-8,14H,4,15H2,1-3H3. The number of hydrogen-bond acceptors (Lipinski definition) is 4. The van der Waals surface area contributed by atoms with Crippen LogP contribution < -0.4 is 5.73 Å². The summed E-state index contributed by atoms with van der Waals surface area (Å²) in [5.74, 6) is 0. The highest BCUT2D eigenvalue weighted by Gasteiger charge is 2.15. The lowest BCUT2D eigenvalue weighted by Gasteiger charge is -2.15. The van der Waals surface area contributed by atoms with Crippen molar-refractivity contribution in [1.29, 1.82) is 0 Å². The summed E-state index contributed by atoms with van der Waals surface area (Å²) in [6.45, 7) is 6.00. The van der Waals surface area contributed by atoms with Crippen molar-refractivity contribution in [3.05, 3.63) is 52.6 Å². The quantitative estimate of drug-likeness (QED) is 0.895. The molecule has 2 heterocycles. The molecule has 0 fully saturated rings. The molecule has 0 aromatic carbocycles. The van der Waals surface area contributed by atoms with Crippen LogP contribution in [0.2, 0.25) is 0 Å². The minimum atomic E-state index is -0.193. The summed E-state index contributed by atoms with van der Waals surface area (Å²) < 4.78 is 0. The Morgan fingerprint density at radius 2 is 1.94 bits per heavy atom. The molecule has 4 nitrogen and oxygen atoms in total. The van der Waals surface area contributed by atoms with Crippen LogP contribution in [0.1, 0.15) is 41.0 Å². The number of aromatic nitrogens is 3. The molecule has 18 heavy (non-hydrogen) atoms. The Morgan fingerprint density at radius 3 is 2.61 bits per heavy atom. The van der Waals surface area contributed by atoms with Gasteiger partial charge < -0.3 is 5.73 Å². The molecule has 94 valence electrons. The maximum Gasteiger partial charge on any atom is 0.0679 e. The van der Waals surface area contributed by atoms with E-state index in [0.29, 0.717) is 0 Å². The van der Waals surface area contributed by atoms with E-state index in [-0.39, 0.29) is 6.04 Å². The molecule has 2 aromatic heterocycles. The zero-order valence-electron chi connectivity index (χ0n) is 11.0. The fourth-order valence-corrected chi connectivity index (χ4v) is 2.01. The Kier molecular flexibility index (Phi) is 3.67. The highest BCUT2D eigenvalue weighted by Crippen LogP contribution is 2.22. The fourth-order valence-electron chi connectivity index (χ4n) is 2.01. The second-order valence-electron chi connectivity index (χ2n) is 4.51. The normalized spacial score (nSPS) is 12.4. The largest absolute Gasteiger partial charge is 0.320 e. The summed E-state index contributed by atoms with van der Waals surface area (Å²) in [6, 6.07) is 3.88. The Bertz CT molecular complexity index is 551. The van der Waals surface area contributed by atoms with Gasteiger partial charge >= 0.3 is 0 Å². The van der Waals surface area contributed by atoms with Gasteiger partial charge in [-0.3, -0.25) is 4.98 Å². The van der Waals surface area contributed by atoms with Crippen LogP contribution in [0.5, 0.6) is 0 Å². The van der Waals surface area contributed by atoms with Gasteiger partial charge in [0.15, 0.2) is 0 Å². The highest BCUT2D eigenvalue weighted by atomic mass is 15.1. The maximum absolute atomic E-state index is 6.32. The zero-order chi connectivity index (χ0) is 13.1. The van der Waals surface area contributed by atoms with Gasteiger partial charge in [0.05, 0.1) is 17.4 Å². The van der Waals surface area contributed by atoms with E-state index in [0.717, 1.165) is 34.5 Å². The molecule has 0 spiro atoms. The maximum atomic E-state index is 6.32. The van der Waals surface area contributed by atoms with Crippen molar-refractivity contribution >= 4 is 0 Å². The van der Waals surface area contributed by atoms with Gasteiger partial charge in [-0.15, -0.1) is 0 Å². The molecule has 0 amide bonds. The van der Waals surface area contributed by atoms with Gasteiger partial charge in [-0.05, 0) is 43.0 Å². The molecule has 0 saturated heterocycles. The van der Waals surface area contributed by atoms with Gasteiger partial charge in [0.2, 0.25) is 0 Å². The van der Waals surface area contributed by atoms with Crippen LogP contribution in [0.15, 0.2) is 24.5 Å². The van der Waals surface area contributed by atoms with E-state index in [2.05, 4.69) is 28.2 Å². The molecular weight excluding hydrogens is 224 g/mol. The van der Waals surface area contributed by atoms with E-state index in [9.17, 15) is 0 Å². The second kappa shape index (κ2) is 5.23. The highest BCUT2D eigenvalue weighted by molar-refractivity contribution is 5.34. The Morgan fingerprint density at radius 1 is 1.17 bits per heavy atom. The van der Waals surface area contributed by atoms with Crippen molar-refractivity contribution in [3.63, 3.8) is 0 Å². The fraction of sp³-hybridized carbons (Fsp3) is 0.357. The molecular formula is C14H18N4. The van der Waals surface area contributed by atoms with Crippen LogP contribution in [0, 0.1) is 13.8 Å².